The summed E-state index contributed by atoms with van der Waals surface area (Å²) in [6.45, 7) is 0. The van der Waals surface area contributed by atoms with Crippen LogP contribution < -0.4 is 22.1 Å². The molecule has 5 rings (SSSR count). The number of nitrogens with one attached hydrogen (secondary N) is 2. The second-order valence-corrected chi connectivity index (χ2v) is 11.4. The molecule has 1 saturated carbocycles. The zero-order valence-corrected chi connectivity index (χ0v) is 22.2. The predicted molar refractivity (Wildman–Crippen MR) is 150 cm³/mol. The Morgan fingerprint density at radius 3 is 1.68 bits per heavy atom. The van der Waals surface area contributed by atoms with E-state index in [1.54, 1.807) is 24.3 Å². The number of hydrogen-bond acceptors (Lipinski definition) is 10. The van der Waals surface area contributed by atoms with E-state index in [1.165, 1.54) is 22.7 Å². The van der Waals surface area contributed by atoms with E-state index in [2.05, 4.69) is 31.0 Å². The molecule has 0 radical (unpaired) electrons. The van der Waals surface area contributed by atoms with Crippen molar-refractivity contribution >= 4 is 56.1 Å². The summed E-state index contributed by atoms with van der Waals surface area (Å²) in [4.78, 5) is 24.9. The van der Waals surface area contributed by atoms with Crippen LogP contribution in [0.4, 0.5) is 21.6 Å². The molecule has 4 aromatic rings. The van der Waals surface area contributed by atoms with Gasteiger partial charge in [-0.2, -0.15) is 0 Å². The Labute approximate surface area is 227 Å². The number of amides is 2. The molecule has 2 aromatic carbocycles. The molecule has 1 aliphatic carbocycles. The lowest BCUT2D eigenvalue weighted by Gasteiger charge is -2.25. The fourth-order valence-electron chi connectivity index (χ4n) is 4.64. The summed E-state index contributed by atoms with van der Waals surface area (Å²) >= 11 is 2.83. The number of carbonyl (C=O) groups excluding carboxylic acids is 2. The third kappa shape index (κ3) is 6.69. The standard InChI is InChI=1S/C26H28N8O2S2/c27-19-8-1-4-15(10-19)12-21(35)29-25-33-31-23(37-25)17-6-3-7-18(14-17)24-32-34-26(38-24)30-22(36)13-16-5-2-9-20(28)11-16/h1-2,4-5,8-11,17-18H,3,6-7,12-14,27-28H2,(H,29,33,35)(H,30,34,36)/t17-,18-/m1/s1. The summed E-state index contributed by atoms with van der Waals surface area (Å²) in [6.07, 6.45) is 4.36. The topological polar surface area (TPSA) is 162 Å². The van der Waals surface area contributed by atoms with E-state index >= 15 is 0 Å². The fraction of sp³-hybridized carbons (Fsp3) is 0.308. The van der Waals surface area contributed by atoms with Crippen molar-refractivity contribution in [3.05, 3.63) is 69.7 Å². The average molecular weight is 549 g/mol. The highest BCUT2D eigenvalue weighted by atomic mass is 32.1. The normalized spacial score (nSPS) is 17.2. The molecule has 1 fully saturated rings. The highest BCUT2D eigenvalue weighted by molar-refractivity contribution is 7.15. The first kappa shape index (κ1) is 25.7. The number of rotatable bonds is 8. The first-order valence-corrected chi connectivity index (χ1v) is 14.0. The number of aromatic nitrogens is 4. The van der Waals surface area contributed by atoms with Crippen LogP contribution in [0.3, 0.4) is 0 Å². The minimum atomic E-state index is -0.154. The third-order valence-electron chi connectivity index (χ3n) is 6.38. The molecule has 6 N–H and O–H groups in total. The zero-order chi connectivity index (χ0) is 26.5. The second-order valence-electron chi connectivity index (χ2n) is 9.39. The number of benzene rings is 2. The Hall–Kier alpha value is -3.90. The molecule has 0 unspecified atom stereocenters. The van der Waals surface area contributed by atoms with E-state index in [4.69, 9.17) is 11.5 Å². The van der Waals surface area contributed by atoms with Crippen LogP contribution in [0.1, 0.15) is 58.7 Å². The SMILES string of the molecule is Nc1cccc(CC(=O)Nc2nnc([C@@H]3CCC[C@@H](c4nnc(NC(=O)Cc5cccc(N)c5)s4)C3)s2)c1. The van der Waals surface area contributed by atoms with E-state index in [1.807, 2.05) is 24.3 Å². The van der Waals surface area contributed by atoms with Crippen molar-refractivity contribution in [2.45, 2.75) is 50.4 Å². The van der Waals surface area contributed by atoms with Crippen LogP contribution in [0, 0.1) is 0 Å². The van der Waals surface area contributed by atoms with Crippen molar-refractivity contribution in [3.63, 3.8) is 0 Å². The van der Waals surface area contributed by atoms with Crippen molar-refractivity contribution in [1.29, 1.82) is 0 Å². The van der Waals surface area contributed by atoms with Gasteiger partial charge in [-0.05, 0) is 54.7 Å². The summed E-state index contributed by atoms with van der Waals surface area (Å²) in [5, 5.41) is 25.6. The van der Waals surface area contributed by atoms with Gasteiger partial charge in [-0.3, -0.25) is 9.59 Å². The van der Waals surface area contributed by atoms with Gasteiger partial charge >= 0.3 is 0 Å². The first-order valence-electron chi connectivity index (χ1n) is 12.4. The highest BCUT2D eigenvalue weighted by Gasteiger charge is 2.29. The van der Waals surface area contributed by atoms with Crippen LogP contribution in [0.25, 0.3) is 0 Å². The van der Waals surface area contributed by atoms with Gasteiger partial charge in [-0.1, -0.05) is 53.4 Å². The second kappa shape index (κ2) is 11.7. The summed E-state index contributed by atoms with van der Waals surface area (Å²) in [5.41, 5.74) is 14.5. The van der Waals surface area contributed by atoms with E-state index < -0.39 is 0 Å². The van der Waals surface area contributed by atoms with E-state index in [0.717, 1.165) is 46.8 Å². The molecular weight excluding hydrogens is 520 g/mol. The third-order valence-corrected chi connectivity index (χ3v) is 8.38. The van der Waals surface area contributed by atoms with Crippen LogP contribution in [0.15, 0.2) is 48.5 Å². The quantitative estimate of drug-likeness (QED) is 0.236. The lowest BCUT2D eigenvalue weighted by atomic mass is 9.82. The smallest absolute Gasteiger partial charge is 0.230 e. The zero-order valence-electron chi connectivity index (χ0n) is 20.6. The van der Waals surface area contributed by atoms with Gasteiger partial charge in [0.1, 0.15) is 10.0 Å². The van der Waals surface area contributed by atoms with Crippen LogP contribution in [-0.4, -0.2) is 32.2 Å². The van der Waals surface area contributed by atoms with Crippen LogP contribution in [0.2, 0.25) is 0 Å². The van der Waals surface area contributed by atoms with Gasteiger partial charge in [0.15, 0.2) is 0 Å². The monoisotopic (exact) mass is 548 g/mol. The summed E-state index contributed by atoms with van der Waals surface area (Å²) in [5.74, 6) is 0.158. The molecule has 0 saturated heterocycles. The van der Waals surface area contributed by atoms with Gasteiger partial charge in [0, 0.05) is 23.2 Å². The van der Waals surface area contributed by atoms with Crippen LogP contribution in [-0.2, 0) is 22.4 Å². The van der Waals surface area contributed by atoms with Crippen molar-refractivity contribution in [2.75, 3.05) is 22.1 Å². The van der Waals surface area contributed by atoms with Gasteiger partial charge in [-0.25, -0.2) is 0 Å². The Bertz CT molecular complexity index is 1330. The minimum absolute atomic E-state index is 0.154. The largest absolute Gasteiger partial charge is 0.399 e. The van der Waals surface area contributed by atoms with E-state index in [0.29, 0.717) is 21.6 Å². The van der Waals surface area contributed by atoms with Crippen molar-refractivity contribution in [2.24, 2.45) is 0 Å². The van der Waals surface area contributed by atoms with Crippen molar-refractivity contribution in [1.82, 2.24) is 20.4 Å². The molecule has 2 aromatic heterocycles. The lowest BCUT2D eigenvalue weighted by Crippen LogP contribution is -2.14. The number of carbonyl (C=O) groups is 2. The van der Waals surface area contributed by atoms with Gasteiger partial charge in [0.25, 0.3) is 0 Å². The molecule has 10 nitrogen and oxygen atoms in total. The maximum atomic E-state index is 12.4. The number of nitrogen functional groups attached to an aromatic ring is 2. The Morgan fingerprint density at radius 2 is 1.24 bits per heavy atom. The summed E-state index contributed by atoms with van der Waals surface area (Å²) in [6, 6.07) is 14.6. The summed E-state index contributed by atoms with van der Waals surface area (Å²) in [7, 11) is 0. The molecule has 2 heterocycles. The number of nitrogens with zero attached hydrogens (tertiary/aromatic N) is 4. The van der Waals surface area contributed by atoms with E-state index in [9.17, 15) is 9.59 Å². The first-order chi connectivity index (χ1) is 18.4. The molecule has 0 spiro atoms. The molecule has 196 valence electrons. The Kier molecular flexibility index (Phi) is 7.89. The summed E-state index contributed by atoms with van der Waals surface area (Å²) < 4.78 is 0. The number of nitrogens with two attached hydrogens (primary N) is 2. The maximum Gasteiger partial charge on any atom is 0.230 e. The maximum absolute atomic E-state index is 12.4. The Balaban J connectivity index is 1.15. The molecule has 2 amide bonds. The number of anilines is 4. The molecule has 0 bridgehead atoms. The van der Waals surface area contributed by atoms with Gasteiger partial charge < -0.3 is 22.1 Å². The minimum Gasteiger partial charge on any atom is -0.399 e. The molecule has 0 aliphatic heterocycles. The molecule has 12 heteroatoms. The van der Waals surface area contributed by atoms with Crippen molar-refractivity contribution in [3.8, 4) is 0 Å². The number of hydrogen-bond donors (Lipinski definition) is 4. The van der Waals surface area contributed by atoms with Crippen LogP contribution >= 0.6 is 22.7 Å². The van der Waals surface area contributed by atoms with Gasteiger partial charge in [0.05, 0.1) is 12.8 Å². The molecule has 1 aliphatic rings. The average Bonchev–Trinajstić information content (AvgIpc) is 3.54. The predicted octanol–water partition coefficient (Wildman–Crippen LogP) is 4.36. The van der Waals surface area contributed by atoms with Crippen LogP contribution in [0.5, 0.6) is 0 Å². The highest BCUT2D eigenvalue weighted by Crippen LogP contribution is 2.43. The molecule has 38 heavy (non-hydrogen) atoms. The van der Waals surface area contributed by atoms with Crippen molar-refractivity contribution < 1.29 is 9.59 Å². The Morgan fingerprint density at radius 1 is 0.763 bits per heavy atom. The van der Waals surface area contributed by atoms with E-state index in [-0.39, 0.29) is 36.5 Å². The fourth-order valence-corrected chi connectivity index (χ4v) is 6.46. The van der Waals surface area contributed by atoms with Gasteiger partial charge in [0.2, 0.25) is 22.1 Å². The molecular formula is C26H28N8O2S2. The lowest BCUT2D eigenvalue weighted by molar-refractivity contribution is -0.116. The van der Waals surface area contributed by atoms with Gasteiger partial charge in [-0.15, -0.1) is 20.4 Å². The molecule has 2 atom stereocenters.